The van der Waals surface area contributed by atoms with Gasteiger partial charge >= 0.3 is 0 Å². The Kier molecular flexibility index (Phi) is 3.05. The van der Waals surface area contributed by atoms with E-state index in [0.717, 1.165) is 5.56 Å². The minimum absolute atomic E-state index is 0.139. The molecule has 1 heterocycles. The van der Waals surface area contributed by atoms with E-state index >= 15 is 0 Å². The summed E-state index contributed by atoms with van der Waals surface area (Å²) in [6.45, 7) is 0. The second-order valence-electron chi connectivity index (χ2n) is 3.71. The largest absolute Gasteiger partial charge is 0.469 e. The number of furan rings is 1. The van der Waals surface area contributed by atoms with Gasteiger partial charge in [-0.3, -0.25) is 4.79 Å². The quantitative estimate of drug-likeness (QED) is 0.795. The van der Waals surface area contributed by atoms with Crippen molar-refractivity contribution < 1.29 is 9.21 Å². The third kappa shape index (κ3) is 2.73. The summed E-state index contributed by atoms with van der Waals surface area (Å²) in [6, 6.07) is 10.9. The van der Waals surface area contributed by atoms with Gasteiger partial charge in [-0.05, 0) is 29.8 Å². The van der Waals surface area contributed by atoms with Gasteiger partial charge in [0.25, 0.3) is 0 Å². The molecule has 0 unspecified atom stereocenters. The number of hydrogen-bond acceptors (Lipinski definition) is 3. The van der Waals surface area contributed by atoms with Gasteiger partial charge in [-0.25, -0.2) is 0 Å². The fourth-order valence-electron chi connectivity index (χ4n) is 1.53. The van der Waals surface area contributed by atoms with E-state index in [9.17, 15) is 4.79 Å². The van der Waals surface area contributed by atoms with Gasteiger partial charge in [-0.2, -0.15) is 0 Å². The number of hydrogen-bond donors (Lipinski definition) is 1. The maximum absolute atomic E-state index is 11.7. The Labute approximate surface area is 93.9 Å². The Morgan fingerprint density at radius 3 is 2.50 bits per heavy atom. The van der Waals surface area contributed by atoms with Crippen molar-refractivity contribution >= 4 is 11.5 Å². The van der Waals surface area contributed by atoms with Crippen molar-refractivity contribution in [2.24, 2.45) is 0 Å². The summed E-state index contributed by atoms with van der Waals surface area (Å²) in [6.07, 6.45) is 2.34. The van der Waals surface area contributed by atoms with Crippen molar-refractivity contribution in [1.82, 2.24) is 0 Å². The average molecular weight is 215 g/mol. The number of carbonyl (C=O) groups is 1. The zero-order chi connectivity index (χ0) is 11.4. The topological polar surface area (TPSA) is 56.2 Å². The zero-order valence-corrected chi connectivity index (χ0v) is 8.85. The highest BCUT2D eigenvalue weighted by Crippen LogP contribution is 2.08. The Bertz CT molecular complexity index is 457. The summed E-state index contributed by atoms with van der Waals surface area (Å²) in [5, 5.41) is 0. The van der Waals surface area contributed by atoms with Crippen LogP contribution in [0.2, 0.25) is 0 Å². The predicted molar refractivity (Wildman–Crippen MR) is 62.0 cm³/mol. The molecular weight excluding hydrogens is 202 g/mol. The van der Waals surface area contributed by atoms with Gasteiger partial charge < -0.3 is 10.2 Å². The summed E-state index contributed by atoms with van der Waals surface area (Å²) >= 11 is 0. The minimum Gasteiger partial charge on any atom is -0.469 e. The molecule has 2 aromatic rings. The number of benzene rings is 1. The summed E-state index contributed by atoms with van der Waals surface area (Å²) in [7, 11) is 0. The first kappa shape index (κ1) is 10.5. The molecule has 0 aliphatic carbocycles. The van der Waals surface area contributed by atoms with Crippen LogP contribution in [0.4, 0.5) is 5.69 Å². The van der Waals surface area contributed by atoms with E-state index in [4.69, 9.17) is 10.2 Å². The molecule has 0 atom stereocenters. The highest BCUT2D eigenvalue weighted by Gasteiger charge is 2.06. The molecule has 0 saturated heterocycles. The average Bonchev–Trinajstić information content (AvgIpc) is 2.74. The van der Waals surface area contributed by atoms with Gasteiger partial charge in [-0.1, -0.05) is 12.1 Å². The first-order chi connectivity index (χ1) is 7.74. The van der Waals surface area contributed by atoms with Crippen LogP contribution in [0.25, 0.3) is 0 Å². The zero-order valence-electron chi connectivity index (χ0n) is 8.85. The van der Waals surface area contributed by atoms with E-state index < -0.39 is 0 Å². The second kappa shape index (κ2) is 4.66. The van der Waals surface area contributed by atoms with Crippen molar-refractivity contribution in [1.29, 1.82) is 0 Å². The van der Waals surface area contributed by atoms with Crippen molar-refractivity contribution in [3.63, 3.8) is 0 Å². The third-order valence-electron chi connectivity index (χ3n) is 2.33. The summed E-state index contributed by atoms with van der Waals surface area (Å²) < 4.78 is 5.12. The smallest absolute Gasteiger partial charge is 0.144 e. The summed E-state index contributed by atoms with van der Waals surface area (Å²) in [5.74, 6) is 0.847. The lowest BCUT2D eigenvalue weighted by atomic mass is 10.1. The Morgan fingerprint density at radius 2 is 1.88 bits per heavy atom. The molecule has 0 aliphatic rings. The molecule has 0 amide bonds. The van der Waals surface area contributed by atoms with E-state index in [1.54, 1.807) is 30.5 Å². The van der Waals surface area contributed by atoms with E-state index in [-0.39, 0.29) is 5.78 Å². The van der Waals surface area contributed by atoms with E-state index in [2.05, 4.69) is 0 Å². The summed E-state index contributed by atoms with van der Waals surface area (Å²) in [5.41, 5.74) is 7.26. The van der Waals surface area contributed by atoms with Gasteiger partial charge in [-0.15, -0.1) is 0 Å². The highest BCUT2D eigenvalue weighted by atomic mass is 16.3. The number of nitrogen functional groups attached to an aromatic ring is 1. The van der Waals surface area contributed by atoms with Gasteiger partial charge in [0.1, 0.15) is 11.5 Å². The third-order valence-corrected chi connectivity index (χ3v) is 2.33. The van der Waals surface area contributed by atoms with Gasteiger partial charge in [0.2, 0.25) is 0 Å². The molecule has 82 valence electrons. The van der Waals surface area contributed by atoms with Gasteiger partial charge in [0.15, 0.2) is 0 Å². The van der Waals surface area contributed by atoms with Crippen LogP contribution in [0.5, 0.6) is 0 Å². The van der Waals surface area contributed by atoms with Crippen LogP contribution in [-0.2, 0) is 17.6 Å². The Morgan fingerprint density at radius 1 is 1.12 bits per heavy atom. The fourth-order valence-corrected chi connectivity index (χ4v) is 1.53. The van der Waals surface area contributed by atoms with Crippen molar-refractivity contribution in [2.75, 3.05) is 5.73 Å². The molecule has 3 heteroatoms. The molecule has 2 N–H and O–H groups in total. The molecule has 2 rings (SSSR count). The van der Waals surface area contributed by atoms with Crippen LogP contribution in [0.15, 0.2) is 47.1 Å². The molecule has 0 bridgehead atoms. The highest BCUT2D eigenvalue weighted by molar-refractivity contribution is 5.82. The molecular formula is C13H13NO2. The predicted octanol–water partition coefficient (Wildman–Crippen LogP) is 2.22. The summed E-state index contributed by atoms with van der Waals surface area (Å²) in [4.78, 5) is 11.7. The molecule has 0 aliphatic heterocycles. The first-order valence-corrected chi connectivity index (χ1v) is 5.12. The number of ketones is 1. The number of Topliss-reactive ketones (excluding diaryl/α,β-unsaturated/α-hetero) is 1. The molecule has 0 saturated carbocycles. The first-order valence-electron chi connectivity index (χ1n) is 5.12. The molecule has 1 aromatic heterocycles. The lowest BCUT2D eigenvalue weighted by Crippen LogP contribution is -2.05. The standard InChI is InChI=1S/C13H13NO2/c14-11-5-3-10(4-6-11)8-12(15)9-13-2-1-7-16-13/h1-7H,8-9,14H2. The van der Waals surface area contributed by atoms with Crippen LogP contribution in [-0.4, -0.2) is 5.78 Å². The number of rotatable bonds is 4. The number of carbonyl (C=O) groups excluding carboxylic acids is 1. The molecule has 0 radical (unpaired) electrons. The van der Waals surface area contributed by atoms with E-state index in [1.165, 1.54) is 0 Å². The van der Waals surface area contributed by atoms with Crippen LogP contribution in [0.1, 0.15) is 11.3 Å². The normalized spacial score (nSPS) is 10.2. The lowest BCUT2D eigenvalue weighted by Gasteiger charge is -2.00. The van der Waals surface area contributed by atoms with Gasteiger partial charge in [0, 0.05) is 12.1 Å². The molecule has 0 fully saturated rings. The maximum atomic E-state index is 11.7. The van der Waals surface area contributed by atoms with Crippen LogP contribution >= 0.6 is 0 Å². The van der Waals surface area contributed by atoms with Crippen molar-refractivity contribution in [3.8, 4) is 0 Å². The van der Waals surface area contributed by atoms with Crippen molar-refractivity contribution in [2.45, 2.75) is 12.8 Å². The maximum Gasteiger partial charge on any atom is 0.144 e. The lowest BCUT2D eigenvalue weighted by molar-refractivity contribution is -0.118. The SMILES string of the molecule is Nc1ccc(CC(=O)Cc2ccco2)cc1. The molecule has 16 heavy (non-hydrogen) atoms. The molecule has 0 spiro atoms. The minimum atomic E-state index is 0.139. The van der Waals surface area contributed by atoms with Crippen LogP contribution < -0.4 is 5.73 Å². The van der Waals surface area contributed by atoms with Crippen LogP contribution in [0, 0.1) is 0 Å². The number of anilines is 1. The fraction of sp³-hybridized carbons (Fsp3) is 0.154. The molecule has 1 aromatic carbocycles. The van der Waals surface area contributed by atoms with Crippen molar-refractivity contribution in [3.05, 3.63) is 54.0 Å². The Balaban J connectivity index is 1.95. The second-order valence-corrected chi connectivity index (χ2v) is 3.71. The molecule has 3 nitrogen and oxygen atoms in total. The van der Waals surface area contributed by atoms with Crippen LogP contribution in [0.3, 0.4) is 0 Å². The monoisotopic (exact) mass is 215 g/mol. The Hall–Kier alpha value is -2.03. The number of nitrogens with two attached hydrogens (primary N) is 1. The van der Waals surface area contributed by atoms with E-state index in [0.29, 0.717) is 24.3 Å². The van der Waals surface area contributed by atoms with E-state index in [1.807, 2.05) is 12.1 Å². The van der Waals surface area contributed by atoms with Gasteiger partial charge in [0.05, 0.1) is 12.7 Å².